The number of Topliss-reactive ketones (excluding diaryl/α,β-unsaturated/α-hetero) is 1. The molecule has 0 aliphatic rings. The summed E-state index contributed by atoms with van der Waals surface area (Å²) in [6, 6.07) is 13.5. The summed E-state index contributed by atoms with van der Waals surface area (Å²) >= 11 is 0. The lowest BCUT2D eigenvalue weighted by Crippen LogP contribution is -2.54. The Morgan fingerprint density at radius 3 is 1.94 bits per heavy atom. The van der Waals surface area contributed by atoms with Crippen molar-refractivity contribution >= 4 is 41.4 Å². The molecule has 0 radical (unpaired) electrons. The molecule has 0 fully saturated rings. The number of aliphatic hydroxyl groups excluding tert-OH is 1. The molecule has 13 heteroatoms. The van der Waals surface area contributed by atoms with Crippen LogP contribution in [0.15, 0.2) is 59.6 Å². The van der Waals surface area contributed by atoms with Gasteiger partial charge in [0.25, 0.3) is 5.91 Å². The average molecular weight is 668 g/mol. The van der Waals surface area contributed by atoms with Crippen LogP contribution in [0.4, 0.5) is 15.3 Å². The number of aliphatic hydroxyl groups is 1. The minimum Gasteiger partial charge on any atom is -0.444 e. The first-order valence-electron chi connectivity index (χ1n) is 15.9. The van der Waals surface area contributed by atoms with Crippen LogP contribution < -0.4 is 21.3 Å². The molecular formula is C35H49N5O8. The number of aliphatic imine (C=N–C) groups is 1. The monoisotopic (exact) mass is 667 g/mol. The summed E-state index contributed by atoms with van der Waals surface area (Å²) in [7, 11) is 0. The van der Waals surface area contributed by atoms with Gasteiger partial charge in [0, 0.05) is 5.56 Å². The van der Waals surface area contributed by atoms with Crippen LogP contribution in [-0.2, 0) is 25.5 Å². The fraction of sp³-hybridized carbons (Fsp3) is 0.486. The Hall–Kier alpha value is -4.78. The van der Waals surface area contributed by atoms with Crippen LogP contribution in [0.5, 0.6) is 0 Å². The maximum absolute atomic E-state index is 13.5. The van der Waals surface area contributed by atoms with E-state index in [2.05, 4.69) is 26.3 Å². The molecule has 0 aliphatic carbocycles. The lowest BCUT2D eigenvalue weighted by Gasteiger charge is -2.26. The summed E-state index contributed by atoms with van der Waals surface area (Å²) in [4.78, 5) is 68.7. The standard InChI is InChI=1S/C35H49N5O8/c1-9-22(2)28(30(44)37-26(27(42)21-41)19-18-23-14-11-10-12-15-23)38-29(43)24-16-13-17-25(20-24)36-31(39-32(45)47-34(3,4)5)40-33(46)48-35(6,7)8/h10-17,20,22,26,28,41H,9,18-19,21H2,1-8H3,(H,37,44)(H,38,43)(H2,36,39,40,45,46)/t22?,26-,28-/m0/s1. The van der Waals surface area contributed by atoms with E-state index in [1.807, 2.05) is 37.3 Å². The molecule has 0 bridgehead atoms. The van der Waals surface area contributed by atoms with Crippen LogP contribution in [0, 0.1) is 5.92 Å². The number of nitrogens with one attached hydrogen (secondary N) is 4. The molecular weight excluding hydrogens is 618 g/mol. The molecule has 5 N–H and O–H groups in total. The van der Waals surface area contributed by atoms with Gasteiger partial charge >= 0.3 is 12.2 Å². The number of carbonyl (C=O) groups excluding carboxylic acids is 5. The Morgan fingerprint density at radius 1 is 0.833 bits per heavy atom. The van der Waals surface area contributed by atoms with Crippen LogP contribution in [0.2, 0.25) is 0 Å². The zero-order valence-electron chi connectivity index (χ0n) is 29.0. The number of aryl methyl sites for hydroxylation is 1. The number of benzene rings is 2. The molecule has 262 valence electrons. The lowest BCUT2D eigenvalue weighted by atomic mass is 9.96. The predicted molar refractivity (Wildman–Crippen MR) is 182 cm³/mol. The number of nitrogens with zero attached hydrogens (tertiary/aromatic N) is 1. The number of ether oxygens (including phenoxy) is 2. The topological polar surface area (TPSA) is 185 Å². The predicted octanol–water partition coefficient (Wildman–Crippen LogP) is 4.55. The highest BCUT2D eigenvalue weighted by molar-refractivity contribution is 6.03. The largest absolute Gasteiger partial charge is 0.444 e. The second-order valence-electron chi connectivity index (χ2n) is 13.3. The molecule has 0 saturated heterocycles. The van der Waals surface area contributed by atoms with Crippen molar-refractivity contribution < 1.29 is 38.6 Å². The SMILES string of the molecule is CCC(C)[C@H](NC(=O)c1cccc(N=C(NC(=O)OC(C)(C)C)NC(=O)OC(C)(C)C)c1)C(=O)N[C@@H](CCc1ccccc1)C(=O)CO. The molecule has 0 spiro atoms. The first-order valence-corrected chi connectivity index (χ1v) is 15.9. The molecule has 0 saturated carbocycles. The molecule has 2 rings (SSSR count). The third-order valence-electron chi connectivity index (χ3n) is 6.80. The average Bonchev–Trinajstić information content (AvgIpc) is 2.99. The van der Waals surface area contributed by atoms with E-state index in [9.17, 15) is 29.1 Å². The maximum atomic E-state index is 13.5. The lowest BCUT2D eigenvalue weighted by molar-refractivity contribution is -0.131. The van der Waals surface area contributed by atoms with Gasteiger partial charge in [0.15, 0.2) is 5.78 Å². The van der Waals surface area contributed by atoms with Crippen molar-refractivity contribution in [1.29, 1.82) is 0 Å². The van der Waals surface area contributed by atoms with Crippen molar-refractivity contribution in [3.05, 3.63) is 65.7 Å². The first-order chi connectivity index (χ1) is 22.4. The molecule has 48 heavy (non-hydrogen) atoms. The number of ketones is 1. The van der Waals surface area contributed by atoms with Gasteiger partial charge in [0.05, 0.1) is 11.7 Å². The third-order valence-corrected chi connectivity index (χ3v) is 6.80. The van der Waals surface area contributed by atoms with Crippen molar-refractivity contribution in [2.45, 2.75) is 97.9 Å². The Labute approximate surface area is 282 Å². The smallest absolute Gasteiger partial charge is 0.414 e. The Kier molecular flexibility index (Phi) is 14.7. The van der Waals surface area contributed by atoms with E-state index in [4.69, 9.17) is 9.47 Å². The van der Waals surface area contributed by atoms with Gasteiger partial charge in [0.1, 0.15) is 23.9 Å². The summed E-state index contributed by atoms with van der Waals surface area (Å²) in [5.41, 5.74) is -0.361. The minimum atomic E-state index is -1.00. The highest BCUT2D eigenvalue weighted by atomic mass is 16.6. The Bertz CT molecular complexity index is 1410. The summed E-state index contributed by atoms with van der Waals surface area (Å²) in [5.74, 6) is -2.30. The molecule has 0 aliphatic heterocycles. The Balaban J connectivity index is 2.29. The third kappa shape index (κ3) is 14.3. The summed E-state index contributed by atoms with van der Waals surface area (Å²) in [5, 5.41) is 19.8. The maximum Gasteiger partial charge on any atom is 0.414 e. The summed E-state index contributed by atoms with van der Waals surface area (Å²) in [6.45, 7) is 13.0. The summed E-state index contributed by atoms with van der Waals surface area (Å²) in [6.07, 6.45) is -0.446. The minimum absolute atomic E-state index is 0.137. The van der Waals surface area contributed by atoms with E-state index in [0.717, 1.165) is 5.56 Å². The van der Waals surface area contributed by atoms with Crippen molar-refractivity contribution in [1.82, 2.24) is 21.3 Å². The highest BCUT2D eigenvalue weighted by Crippen LogP contribution is 2.17. The zero-order valence-corrected chi connectivity index (χ0v) is 29.0. The number of guanidine groups is 1. The number of hydrogen-bond acceptors (Lipinski definition) is 9. The normalized spacial score (nSPS) is 13.2. The first kappa shape index (κ1) is 39.4. The van der Waals surface area contributed by atoms with Gasteiger partial charge in [-0.05, 0) is 84.1 Å². The second kappa shape index (κ2) is 17.9. The van der Waals surface area contributed by atoms with Gasteiger partial charge in [-0.1, -0.05) is 56.7 Å². The number of alkyl carbamates (subject to hydrolysis) is 2. The van der Waals surface area contributed by atoms with E-state index in [0.29, 0.717) is 12.8 Å². The van der Waals surface area contributed by atoms with Crippen molar-refractivity contribution in [2.24, 2.45) is 10.9 Å². The molecule has 1 unspecified atom stereocenters. The van der Waals surface area contributed by atoms with Gasteiger partial charge in [-0.15, -0.1) is 0 Å². The fourth-order valence-corrected chi connectivity index (χ4v) is 4.30. The van der Waals surface area contributed by atoms with E-state index >= 15 is 0 Å². The molecule has 0 heterocycles. The van der Waals surface area contributed by atoms with Gasteiger partial charge in [-0.25, -0.2) is 14.6 Å². The van der Waals surface area contributed by atoms with Crippen molar-refractivity contribution in [3.63, 3.8) is 0 Å². The van der Waals surface area contributed by atoms with Crippen LogP contribution in [-0.4, -0.2) is 70.7 Å². The number of rotatable bonds is 12. The molecule has 2 aromatic rings. The van der Waals surface area contributed by atoms with E-state index in [1.54, 1.807) is 60.6 Å². The number of hydrogen-bond donors (Lipinski definition) is 5. The number of amides is 4. The van der Waals surface area contributed by atoms with Gasteiger partial charge in [0.2, 0.25) is 11.9 Å². The molecule has 0 aromatic heterocycles. The zero-order chi connectivity index (χ0) is 36.1. The van der Waals surface area contributed by atoms with Crippen LogP contribution in [0.1, 0.15) is 84.2 Å². The van der Waals surface area contributed by atoms with E-state index < -0.39 is 59.7 Å². The quantitative estimate of drug-likeness (QED) is 0.161. The second-order valence-corrected chi connectivity index (χ2v) is 13.3. The number of carbonyl (C=O) groups is 5. The molecule has 13 nitrogen and oxygen atoms in total. The van der Waals surface area contributed by atoms with Gasteiger partial charge in [-0.2, -0.15) is 0 Å². The van der Waals surface area contributed by atoms with Crippen LogP contribution in [0.25, 0.3) is 0 Å². The Morgan fingerprint density at radius 2 is 1.42 bits per heavy atom. The van der Waals surface area contributed by atoms with E-state index in [1.165, 1.54) is 12.1 Å². The van der Waals surface area contributed by atoms with E-state index in [-0.39, 0.29) is 29.5 Å². The van der Waals surface area contributed by atoms with Gasteiger partial charge in [-0.3, -0.25) is 25.0 Å². The molecule has 3 atom stereocenters. The molecule has 4 amide bonds. The van der Waals surface area contributed by atoms with Gasteiger partial charge < -0.3 is 25.2 Å². The highest BCUT2D eigenvalue weighted by Gasteiger charge is 2.30. The van der Waals surface area contributed by atoms with Crippen LogP contribution in [0.3, 0.4) is 0 Å². The van der Waals surface area contributed by atoms with Crippen LogP contribution >= 0.6 is 0 Å². The summed E-state index contributed by atoms with van der Waals surface area (Å²) < 4.78 is 10.6. The molecule has 2 aromatic carbocycles. The van der Waals surface area contributed by atoms with Crippen molar-refractivity contribution in [2.75, 3.05) is 6.61 Å². The fourth-order valence-electron chi connectivity index (χ4n) is 4.30. The van der Waals surface area contributed by atoms with Crippen molar-refractivity contribution in [3.8, 4) is 0 Å².